The van der Waals surface area contributed by atoms with Gasteiger partial charge in [0.25, 0.3) is 5.91 Å². The normalized spacial score (nSPS) is 10.9. The Morgan fingerprint density at radius 1 is 1.08 bits per heavy atom. The van der Waals surface area contributed by atoms with Crippen LogP contribution in [0.1, 0.15) is 23.7 Å². The average Bonchev–Trinajstić information content (AvgIpc) is 3.02. The highest BCUT2D eigenvalue weighted by atomic mass is 32.2. The first-order valence-electron chi connectivity index (χ1n) is 8.33. The van der Waals surface area contributed by atoms with Gasteiger partial charge in [-0.25, -0.2) is 0 Å². The number of fused-ring (bicyclic) bond motifs is 1. The van der Waals surface area contributed by atoms with E-state index in [1.165, 1.54) is 10.9 Å². The van der Waals surface area contributed by atoms with E-state index in [2.05, 4.69) is 53.3 Å². The smallest absolute Gasteiger partial charge is 0.252 e. The van der Waals surface area contributed by atoms with Crippen molar-refractivity contribution in [2.24, 2.45) is 0 Å². The summed E-state index contributed by atoms with van der Waals surface area (Å²) in [6.45, 7) is 3.68. The highest BCUT2D eigenvalue weighted by Gasteiger charge is 2.10. The molecule has 0 unspecified atom stereocenters. The molecule has 4 heteroatoms. The van der Waals surface area contributed by atoms with Crippen LogP contribution in [-0.4, -0.2) is 22.8 Å². The van der Waals surface area contributed by atoms with Crippen LogP contribution in [0, 0.1) is 0 Å². The van der Waals surface area contributed by atoms with Gasteiger partial charge in [0.1, 0.15) is 0 Å². The van der Waals surface area contributed by atoms with Gasteiger partial charge >= 0.3 is 0 Å². The standard InChI is InChI=1S/C20H22N2OS/c1-2-24-19-11-6-4-9-17(19)20(23)21-13-7-14-22-15-12-16-8-3-5-10-18(16)22/h3-6,8-12,15H,2,7,13-14H2,1H3,(H,21,23). The van der Waals surface area contributed by atoms with Crippen molar-refractivity contribution in [1.82, 2.24) is 9.88 Å². The Labute approximate surface area is 147 Å². The van der Waals surface area contributed by atoms with E-state index in [0.717, 1.165) is 29.2 Å². The molecule has 124 valence electrons. The van der Waals surface area contributed by atoms with Gasteiger partial charge in [-0.15, -0.1) is 11.8 Å². The largest absolute Gasteiger partial charge is 0.352 e. The number of rotatable bonds is 7. The Hall–Kier alpha value is -2.20. The molecular weight excluding hydrogens is 316 g/mol. The number of nitrogens with one attached hydrogen (secondary N) is 1. The fraction of sp³-hybridized carbons (Fsp3) is 0.250. The SMILES string of the molecule is CCSc1ccccc1C(=O)NCCCn1ccc2ccccc21. The molecule has 1 heterocycles. The summed E-state index contributed by atoms with van der Waals surface area (Å²) in [5.41, 5.74) is 2.02. The Balaban J connectivity index is 1.54. The summed E-state index contributed by atoms with van der Waals surface area (Å²) >= 11 is 1.70. The molecule has 0 aliphatic carbocycles. The average molecular weight is 338 g/mol. The molecule has 3 nitrogen and oxygen atoms in total. The number of hydrogen-bond donors (Lipinski definition) is 1. The van der Waals surface area contributed by atoms with Crippen LogP contribution in [0.25, 0.3) is 10.9 Å². The van der Waals surface area contributed by atoms with E-state index in [4.69, 9.17) is 0 Å². The van der Waals surface area contributed by atoms with Crippen molar-refractivity contribution >= 4 is 28.6 Å². The zero-order valence-corrected chi connectivity index (χ0v) is 14.7. The van der Waals surface area contributed by atoms with E-state index in [0.29, 0.717) is 6.54 Å². The molecule has 1 N–H and O–H groups in total. The molecule has 3 rings (SSSR count). The Bertz CT molecular complexity index is 825. The number of para-hydroxylation sites is 1. The van der Waals surface area contributed by atoms with Crippen LogP contribution in [0.3, 0.4) is 0 Å². The highest BCUT2D eigenvalue weighted by molar-refractivity contribution is 7.99. The molecule has 3 aromatic rings. The van der Waals surface area contributed by atoms with E-state index in [1.54, 1.807) is 11.8 Å². The molecule has 0 fully saturated rings. The lowest BCUT2D eigenvalue weighted by atomic mass is 10.2. The lowest BCUT2D eigenvalue weighted by Gasteiger charge is -2.10. The Kier molecular flexibility index (Phi) is 5.59. The first kappa shape index (κ1) is 16.7. The molecule has 0 saturated heterocycles. The number of carbonyl (C=O) groups is 1. The second-order valence-corrected chi connectivity index (χ2v) is 6.91. The van der Waals surface area contributed by atoms with Crippen LogP contribution >= 0.6 is 11.8 Å². The molecule has 0 atom stereocenters. The van der Waals surface area contributed by atoms with Crippen molar-refractivity contribution in [3.8, 4) is 0 Å². The van der Waals surface area contributed by atoms with Gasteiger partial charge in [-0.1, -0.05) is 37.3 Å². The topological polar surface area (TPSA) is 34.0 Å². The Morgan fingerprint density at radius 3 is 2.75 bits per heavy atom. The van der Waals surface area contributed by atoms with Gasteiger partial charge in [-0.2, -0.15) is 0 Å². The minimum atomic E-state index is 0.0175. The number of hydrogen-bond acceptors (Lipinski definition) is 2. The molecule has 0 saturated carbocycles. The zero-order valence-electron chi connectivity index (χ0n) is 13.9. The maximum atomic E-state index is 12.4. The lowest BCUT2D eigenvalue weighted by Crippen LogP contribution is -2.25. The number of nitrogens with zero attached hydrogens (tertiary/aromatic N) is 1. The maximum absolute atomic E-state index is 12.4. The first-order valence-corrected chi connectivity index (χ1v) is 9.32. The molecule has 24 heavy (non-hydrogen) atoms. The van der Waals surface area contributed by atoms with Gasteiger partial charge in [0, 0.05) is 29.7 Å². The van der Waals surface area contributed by atoms with Gasteiger partial charge in [0.15, 0.2) is 0 Å². The summed E-state index contributed by atoms with van der Waals surface area (Å²) in [5.74, 6) is 0.981. The lowest BCUT2D eigenvalue weighted by molar-refractivity contribution is 0.0950. The number of aromatic nitrogens is 1. The number of benzene rings is 2. The van der Waals surface area contributed by atoms with Crippen LogP contribution < -0.4 is 5.32 Å². The van der Waals surface area contributed by atoms with Gasteiger partial charge in [-0.05, 0) is 41.8 Å². The number of aryl methyl sites for hydroxylation is 1. The predicted molar refractivity (Wildman–Crippen MR) is 102 cm³/mol. The van der Waals surface area contributed by atoms with Crippen LogP contribution in [-0.2, 0) is 6.54 Å². The molecule has 0 aliphatic rings. The van der Waals surface area contributed by atoms with Gasteiger partial charge < -0.3 is 9.88 Å². The Morgan fingerprint density at radius 2 is 1.88 bits per heavy atom. The van der Waals surface area contributed by atoms with Crippen molar-refractivity contribution in [2.45, 2.75) is 24.8 Å². The van der Waals surface area contributed by atoms with Gasteiger partial charge in [-0.3, -0.25) is 4.79 Å². The monoisotopic (exact) mass is 338 g/mol. The summed E-state index contributed by atoms with van der Waals surface area (Å²) in [7, 11) is 0. The third-order valence-corrected chi connectivity index (χ3v) is 4.93. The van der Waals surface area contributed by atoms with E-state index in [9.17, 15) is 4.79 Å². The maximum Gasteiger partial charge on any atom is 0.252 e. The fourth-order valence-corrected chi connectivity index (χ4v) is 3.62. The number of carbonyl (C=O) groups excluding carboxylic acids is 1. The van der Waals surface area contributed by atoms with Crippen molar-refractivity contribution in [3.63, 3.8) is 0 Å². The molecule has 0 radical (unpaired) electrons. The predicted octanol–water partition coefficient (Wildman–Crippen LogP) is 4.57. The minimum Gasteiger partial charge on any atom is -0.352 e. The summed E-state index contributed by atoms with van der Waals surface area (Å²) in [6.07, 6.45) is 3.02. The first-order chi connectivity index (χ1) is 11.8. The van der Waals surface area contributed by atoms with Crippen LogP contribution in [0.15, 0.2) is 65.7 Å². The third-order valence-electron chi connectivity index (χ3n) is 3.97. The van der Waals surface area contributed by atoms with Crippen molar-refractivity contribution in [1.29, 1.82) is 0 Å². The molecule has 0 bridgehead atoms. The van der Waals surface area contributed by atoms with E-state index >= 15 is 0 Å². The number of thioether (sulfide) groups is 1. The summed E-state index contributed by atoms with van der Waals surface area (Å²) in [5, 5.41) is 4.30. The van der Waals surface area contributed by atoms with Crippen LogP contribution in [0.2, 0.25) is 0 Å². The highest BCUT2D eigenvalue weighted by Crippen LogP contribution is 2.22. The van der Waals surface area contributed by atoms with E-state index < -0.39 is 0 Å². The molecule has 0 spiro atoms. The fourth-order valence-electron chi connectivity index (χ4n) is 2.82. The quantitative estimate of drug-likeness (QED) is 0.506. The molecule has 2 aromatic carbocycles. The van der Waals surface area contributed by atoms with Gasteiger partial charge in [0.05, 0.1) is 5.56 Å². The molecule has 1 amide bonds. The van der Waals surface area contributed by atoms with Crippen molar-refractivity contribution < 1.29 is 4.79 Å². The van der Waals surface area contributed by atoms with Gasteiger partial charge in [0.2, 0.25) is 0 Å². The van der Waals surface area contributed by atoms with Crippen molar-refractivity contribution in [3.05, 3.63) is 66.4 Å². The minimum absolute atomic E-state index is 0.0175. The second-order valence-electron chi connectivity index (χ2n) is 5.61. The third kappa shape index (κ3) is 3.82. The molecule has 0 aliphatic heterocycles. The van der Waals surface area contributed by atoms with E-state index in [-0.39, 0.29) is 5.91 Å². The number of amides is 1. The van der Waals surface area contributed by atoms with E-state index in [1.807, 2.05) is 24.3 Å². The van der Waals surface area contributed by atoms with Crippen LogP contribution in [0.5, 0.6) is 0 Å². The zero-order chi connectivity index (χ0) is 16.8. The molecule has 1 aromatic heterocycles. The summed E-state index contributed by atoms with van der Waals surface area (Å²) in [4.78, 5) is 13.4. The second kappa shape index (κ2) is 8.06. The summed E-state index contributed by atoms with van der Waals surface area (Å²) in [6, 6.07) is 18.3. The summed E-state index contributed by atoms with van der Waals surface area (Å²) < 4.78 is 2.24. The van der Waals surface area contributed by atoms with Crippen molar-refractivity contribution in [2.75, 3.05) is 12.3 Å². The molecular formula is C20H22N2OS. The van der Waals surface area contributed by atoms with Crippen LogP contribution in [0.4, 0.5) is 0 Å².